The molecule has 0 bridgehead atoms. The maximum absolute atomic E-state index is 3.55. The Balaban J connectivity index is 2.26. The summed E-state index contributed by atoms with van der Waals surface area (Å²) in [5.74, 6) is 0.718. The van der Waals surface area contributed by atoms with E-state index in [0.29, 0.717) is 16.9 Å². The van der Waals surface area contributed by atoms with Gasteiger partial charge in [0.05, 0.1) is 3.79 Å². The molecule has 1 saturated carbocycles. The number of hydrogen-bond acceptors (Lipinski definition) is 2. The first-order valence-electron chi connectivity index (χ1n) is 5.75. The third kappa shape index (κ3) is 1.68. The van der Waals surface area contributed by atoms with Gasteiger partial charge in [-0.3, -0.25) is 0 Å². The first kappa shape index (κ1) is 12.6. The molecule has 2 rings (SSSR count). The zero-order valence-electron chi connectivity index (χ0n) is 10.6. The molecule has 1 unspecified atom stereocenters. The smallest absolute Gasteiger partial charge is 0.0701 e. The van der Waals surface area contributed by atoms with Gasteiger partial charge in [-0.2, -0.15) is 0 Å². The van der Waals surface area contributed by atoms with E-state index in [0.717, 1.165) is 5.92 Å². The monoisotopic (exact) mass is 301 g/mol. The first-order chi connectivity index (χ1) is 7.32. The standard InChI is InChI=1S/C13H20BrNS/c1-12(2)11(13(12,3)4)10(15-5)8-6-7-9(14)16-8/h6-7,10-11,15H,1-5H3. The van der Waals surface area contributed by atoms with E-state index in [1.807, 2.05) is 11.3 Å². The molecule has 0 amide bonds. The summed E-state index contributed by atoms with van der Waals surface area (Å²) in [6.07, 6.45) is 0. The first-order valence-corrected chi connectivity index (χ1v) is 7.36. The summed E-state index contributed by atoms with van der Waals surface area (Å²) in [7, 11) is 2.07. The zero-order chi connectivity index (χ0) is 12.1. The van der Waals surface area contributed by atoms with E-state index in [-0.39, 0.29) is 0 Å². The second kappa shape index (κ2) is 3.82. The molecule has 16 heavy (non-hydrogen) atoms. The zero-order valence-corrected chi connectivity index (χ0v) is 13.0. The van der Waals surface area contributed by atoms with Crippen molar-refractivity contribution >= 4 is 27.3 Å². The Morgan fingerprint density at radius 3 is 2.12 bits per heavy atom. The lowest BCUT2D eigenvalue weighted by atomic mass is 10.0. The summed E-state index contributed by atoms with van der Waals surface area (Å²) in [6.45, 7) is 9.52. The van der Waals surface area contributed by atoms with Gasteiger partial charge in [-0.05, 0) is 51.9 Å². The molecule has 1 nitrogen and oxygen atoms in total. The Morgan fingerprint density at radius 2 is 1.81 bits per heavy atom. The van der Waals surface area contributed by atoms with Crippen LogP contribution in [-0.4, -0.2) is 7.05 Å². The number of halogens is 1. The molecule has 0 aliphatic heterocycles. The van der Waals surface area contributed by atoms with Crippen LogP contribution in [-0.2, 0) is 0 Å². The number of rotatable bonds is 3. The molecule has 0 spiro atoms. The van der Waals surface area contributed by atoms with Crippen molar-refractivity contribution in [3.63, 3.8) is 0 Å². The molecule has 1 aliphatic carbocycles. The summed E-state index contributed by atoms with van der Waals surface area (Å²) in [4.78, 5) is 1.44. The topological polar surface area (TPSA) is 12.0 Å². The lowest BCUT2D eigenvalue weighted by molar-refractivity contribution is 0.444. The van der Waals surface area contributed by atoms with Crippen LogP contribution in [0.1, 0.15) is 38.6 Å². The molecule has 1 atom stereocenters. The molecule has 1 N–H and O–H groups in total. The van der Waals surface area contributed by atoms with Crippen LogP contribution in [0, 0.1) is 16.7 Å². The van der Waals surface area contributed by atoms with Gasteiger partial charge in [-0.25, -0.2) is 0 Å². The van der Waals surface area contributed by atoms with Crippen molar-refractivity contribution in [3.8, 4) is 0 Å². The highest BCUT2D eigenvalue weighted by Gasteiger charge is 2.67. The lowest BCUT2D eigenvalue weighted by Crippen LogP contribution is -2.20. The highest BCUT2D eigenvalue weighted by Crippen LogP contribution is 2.72. The summed E-state index contributed by atoms with van der Waals surface area (Å²) >= 11 is 5.39. The summed E-state index contributed by atoms with van der Waals surface area (Å²) in [6, 6.07) is 4.87. The van der Waals surface area contributed by atoms with Crippen molar-refractivity contribution in [2.45, 2.75) is 33.7 Å². The predicted octanol–water partition coefficient (Wildman–Crippen LogP) is 4.45. The number of hydrogen-bond donors (Lipinski definition) is 1. The minimum Gasteiger partial charge on any atom is -0.312 e. The van der Waals surface area contributed by atoms with Gasteiger partial charge in [0.25, 0.3) is 0 Å². The summed E-state index contributed by atoms with van der Waals surface area (Å²) < 4.78 is 1.22. The van der Waals surface area contributed by atoms with E-state index in [4.69, 9.17) is 0 Å². The molecule has 1 aliphatic rings. The Hall–Kier alpha value is 0.140. The van der Waals surface area contributed by atoms with Crippen LogP contribution in [0.5, 0.6) is 0 Å². The van der Waals surface area contributed by atoms with Gasteiger partial charge in [0.1, 0.15) is 0 Å². The molecule has 0 saturated heterocycles. The Morgan fingerprint density at radius 1 is 1.25 bits per heavy atom. The average Bonchev–Trinajstić information content (AvgIpc) is 2.55. The minimum absolute atomic E-state index is 0.428. The van der Waals surface area contributed by atoms with Crippen LogP contribution in [0.3, 0.4) is 0 Å². The van der Waals surface area contributed by atoms with Crippen LogP contribution in [0.25, 0.3) is 0 Å². The molecule has 3 heteroatoms. The van der Waals surface area contributed by atoms with Crippen molar-refractivity contribution in [3.05, 3.63) is 20.8 Å². The summed E-state index contributed by atoms with van der Waals surface area (Å²) in [5, 5.41) is 3.49. The van der Waals surface area contributed by atoms with Gasteiger partial charge in [0.15, 0.2) is 0 Å². The third-order valence-electron chi connectivity index (χ3n) is 4.68. The second-order valence-electron chi connectivity index (χ2n) is 5.83. The van der Waals surface area contributed by atoms with Gasteiger partial charge >= 0.3 is 0 Å². The van der Waals surface area contributed by atoms with Gasteiger partial charge in [-0.1, -0.05) is 27.7 Å². The van der Waals surface area contributed by atoms with Crippen LogP contribution >= 0.6 is 27.3 Å². The fourth-order valence-electron chi connectivity index (χ4n) is 3.05. The molecule has 0 aromatic carbocycles. The molecule has 1 heterocycles. The lowest BCUT2D eigenvalue weighted by Gasteiger charge is -2.16. The molecule has 1 fully saturated rings. The average molecular weight is 302 g/mol. The van der Waals surface area contributed by atoms with E-state index in [9.17, 15) is 0 Å². The van der Waals surface area contributed by atoms with E-state index >= 15 is 0 Å². The second-order valence-corrected chi connectivity index (χ2v) is 8.32. The fourth-order valence-corrected chi connectivity index (χ4v) is 4.62. The Labute approximate surface area is 111 Å². The van der Waals surface area contributed by atoms with E-state index in [1.165, 1.54) is 8.66 Å². The molecule has 1 aromatic rings. The van der Waals surface area contributed by atoms with Gasteiger partial charge in [-0.15, -0.1) is 11.3 Å². The molecule has 90 valence electrons. The predicted molar refractivity (Wildman–Crippen MR) is 74.9 cm³/mol. The molecule has 1 aromatic heterocycles. The highest BCUT2D eigenvalue weighted by molar-refractivity contribution is 9.11. The summed E-state index contributed by atoms with van der Waals surface area (Å²) in [5.41, 5.74) is 0.855. The largest absolute Gasteiger partial charge is 0.312 e. The van der Waals surface area contributed by atoms with Crippen molar-refractivity contribution < 1.29 is 0 Å². The van der Waals surface area contributed by atoms with Crippen molar-refractivity contribution in [1.29, 1.82) is 0 Å². The van der Waals surface area contributed by atoms with E-state index < -0.39 is 0 Å². The fraction of sp³-hybridized carbons (Fsp3) is 0.692. The van der Waals surface area contributed by atoms with Crippen molar-refractivity contribution in [1.82, 2.24) is 5.32 Å². The molecule has 0 radical (unpaired) electrons. The highest BCUT2D eigenvalue weighted by atomic mass is 79.9. The maximum atomic E-state index is 3.55. The van der Waals surface area contributed by atoms with Crippen LogP contribution < -0.4 is 5.32 Å². The van der Waals surface area contributed by atoms with Crippen LogP contribution in [0.4, 0.5) is 0 Å². The Bertz CT molecular complexity index is 380. The molecular formula is C13H20BrNS. The number of thiophene rings is 1. The third-order valence-corrected chi connectivity index (χ3v) is 6.38. The molecular weight excluding hydrogens is 282 g/mol. The van der Waals surface area contributed by atoms with Crippen LogP contribution in [0.15, 0.2) is 15.9 Å². The van der Waals surface area contributed by atoms with Gasteiger partial charge < -0.3 is 5.32 Å². The number of nitrogens with one attached hydrogen (secondary N) is 1. The van der Waals surface area contributed by atoms with Crippen LogP contribution in [0.2, 0.25) is 0 Å². The normalized spacial score (nSPS) is 24.4. The van der Waals surface area contributed by atoms with Crippen molar-refractivity contribution in [2.24, 2.45) is 16.7 Å². The SMILES string of the molecule is CNC(c1ccc(Br)s1)C1C(C)(C)C1(C)C. The van der Waals surface area contributed by atoms with Gasteiger partial charge in [0.2, 0.25) is 0 Å². The van der Waals surface area contributed by atoms with E-state index in [1.54, 1.807) is 0 Å². The van der Waals surface area contributed by atoms with Crippen molar-refractivity contribution in [2.75, 3.05) is 7.05 Å². The van der Waals surface area contributed by atoms with E-state index in [2.05, 4.69) is 68.1 Å². The Kier molecular flexibility index (Phi) is 3.01. The maximum Gasteiger partial charge on any atom is 0.0701 e. The van der Waals surface area contributed by atoms with Gasteiger partial charge in [0, 0.05) is 10.9 Å². The quantitative estimate of drug-likeness (QED) is 0.869. The minimum atomic E-state index is 0.428.